The van der Waals surface area contributed by atoms with Crippen LogP contribution in [-0.2, 0) is 10.5 Å². The maximum Gasteiger partial charge on any atom is 0.340 e. The molecule has 20 heavy (non-hydrogen) atoms. The summed E-state index contributed by atoms with van der Waals surface area (Å²) < 4.78 is 7.23. The summed E-state index contributed by atoms with van der Waals surface area (Å²) in [6.07, 6.45) is 0. The molecule has 0 radical (unpaired) electrons. The lowest BCUT2D eigenvalue weighted by Crippen LogP contribution is -2.12. The number of rotatable bonds is 2. The van der Waals surface area contributed by atoms with E-state index in [4.69, 9.17) is 16.3 Å². The van der Waals surface area contributed by atoms with Crippen molar-refractivity contribution in [2.45, 2.75) is 24.5 Å². The zero-order valence-corrected chi connectivity index (χ0v) is 12.8. The monoisotopic (exact) mass is 307 g/mol. The molecule has 0 atom stereocenters. The van der Waals surface area contributed by atoms with Crippen LogP contribution >= 0.6 is 23.4 Å². The van der Waals surface area contributed by atoms with Crippen LogP contribution in [0.2, 0.25) is 5.02 Å². The van der Waals surface area contributed by atoms with Crippen molar-refractivity contribution in [3.63, 3.8) is 0 Å². The minimum Gasteiger partial charge on any atom is -0.462 e. The zero-order valence-electron chi connectivity index (χ0n) is 11.3. The maximum atomic E-state index is 12.0. The molecule has 1 aliphatic heterocycles. The Morgan fingerprint density at radius 3 is 3.00 bits per heavy atom. The number of benzene rings is 1. The van der Waals surface area contributed by atoms with Crippen LogP contribution in [-0.4, -0.2) is 17.1 Å². The molecule has 0 aliphatic carbocycles. The van der Waals surface area contributed by atoms with Gasteiger partial charge < -0.3 is 9.30 Å². The van der Waals surface area contributed by atoms with E-state index in [1.165, 1.54) is 4.90 Å². The highest BCUT2D eigenvalue weighted by Crippen LogP contribution is 2.39. The zero-order chi connectivity index (χ0) is 14.3. The third-order valence-corrected chi connectivity index (χ3v) is 4.62. The number of hydrogen-bond acceptors (Lipinski definition) is 3. The third kappa shape index (κ3) is 2.13. The molecule has 5 heteroatoms. The second kappa shape index (κ2) is 5.19. The van der Waals surface area contributed by atoms with E-state index < -0.39 is 0 Å². The van der Waals surface area contributed by atoms with Crippen LogP contribution in [0.5, 0.6) is 0 Å². The smallest absolute Gasteiger partial charge is 0.340 e. The van der Waals surface area contributed by atoms with Gasteiger partial charge in [-0.25, -0.2) is 4.79 Å². The van der Waals surface area contributed by atoms with E-state index in [0.717, 1.165) is 22.8 Å². The number of nitrogens with zero attached hydrogens (tertiary/aromatic N) is 1. The highest BCUT2D eigenvalue weighted by molar-refractivity contribution is 7.98. The molecular weight excluding hydrogens is 294 g/mol. The van der Waals surface area contributed by atoms with Crippen molar-refractivity contribution in [2.24, 2.45) is 0 Å². The number of carbonyl (C=O) groups is 1. The predicted molar refractivity (Wildman–Crippen MR) is 81.0 cm³/mol. The number of esters is 1. The lowest BCUT2D eigenvalue weighted by molar-refractivity contribution is 0.0525. The molecule has 1 aromatic carbocycles. The molecular formula is C15H14ClNO2S. The van der Waals surface area contributed by atoms with Crippen molar-refractivity contribution >= 4 is 29.3 Å². The van der Waals surface area contributed by atoms with Crippen molar-refractivity contribution in [1.82, 2.24) is 4.57 Å². The Morgan fingerprint density at radius 2 is 2.25 bits per heavy atom. The summed E-state index contributed by atoms with van der Waals surface area (Å²) in [7, 11) is 0. The van der Waals surface area contributed by atoms with Gasteiger partial charge in [-0.2, -0.15) is 0 Å². The van der Waals surface area contributed by atoms with Gasteiger partial charge in [-0.05, 0) is 38.1 Å². The standard InChI is InChI=1S/C15H14ClNO2S/c1-3-19-15(18)11-6-9(2)17-12-7-10(16)4-5-14(12)20-8-13(11)17/h4-7H,3,8H2,1-2H3. The summed E-state index contributed by atoms with van der Waals surface area (Å²) in [6, 6.07) is 7.75. The van der Waals surface area contributed by atoms with Gasteiger partial charge in [0.25, 0.3) is 0 Å². The molecule has 2 aromatic rings. The van der Waals surface area contributed by atoms with Gasteiger partial charge in [-0.3, -0.25) is 0 Å². The summed E-state index contributed by atoms with van der Waals surface area (Å²) in [5, 5.41) is 0.697. The highest BCUT2D eigenvalue weighted by Gasteiger charge is 2.25. The van der Waals surface area contributed by atoms with E-state index in [1.807, 2.05) is 38.1 Å². The molecule has 3 nitrogen and oxygen atoms in total. The number of aromatic nitrogens is 1. The Kier molecular flexibility index (Phi) is 3.52. The molecule has 0 amide bonds. The summed E-state index contributed by atoms with van der Waals surface area (Å²) in [5.74, 6) is 0.506. The average molecular weight is 308 g/mol. The van der Waals surface area contributed by atoms with Crippen molar-refractivity contribution in [2.75, 3.05) is 6.61 Å². The van der Waals surface area contributed by atoms with Crippen molar-refractivity contribution in [3.05, 3.63) is 46.2 Å². The lowest BCUT2D eigenvalue weighted by atomic mass is 10.2. The van der Waals surface area contributed by atoms with Gasteiger partial charge in [0, 0.05) is 27.1 Å². The maximum absolute atomic E-state index is 12.0. The second-order valence-electron chi connectivity index (χ2n) is 4.60. The molecule has 1 aliphatic rings. The fraction of sp³-hybridized carbons (Fsp3) is 0.267. The van der Waals surface area contributed by atoms with Crippen LogP contribution in [0, 0.1) is 6.92 Å². The molecule has 0 fully saturated rings. The Morgan fingerprint density at radius 1 is 1.45 bits per heavy atom. The fourth-order valence-corrected chi connectivity index (χ4v) is 3.69. The minimum atomic E-state index is -0.254. The molecule has 3 rings (SSSR count). The summed E-state index contributed by atoms with van der Waals surface area (Å²) in [4.78, 5) is 13.2. The van der Waals surface area contributed by atoms with Gasteiger partial charge in [0.05, 0.1) is 17.9 Å². The number of ether oxygens (including phenoxy) is 1. The molecule has 1 aromatic heterocycles. The molecule has 0 saturated carbocycles. The van der Waals surface area contributed by atoms with Crippen LogP contribution in [0.3, 0.4) is 0 Å². The van der Waals surface area contributed by atoms with Gasteiger partial charge in [0.2, 0.25) is 0 Å². The van der Waals surface area contributed by atoms with Gasteiger partial charge in [0.1, 0.15) is 0 Å². The Bertz CT molecular complexity index is 693. The third-order valence-electron chi connectivity index (χ3n) is 3.31. The lowest BCUT2D eigenvalue weighted by Gasteiger charge is -2.21. The largest absolute Gasteiger partial charge is 0.462 e. The molecule has 0 spiro atoms. The van der Waals surface area contributed by atoms with Gasteiger partial charge in [0.15, 0.2) is 0 Å². The van der Waals surface area contributed by atoms with Crippen molar-refractivity contribution < 1.29 is 9.53 Å². The van der Waals surface area contributed by atoms with Crippen molar-refractivity contribution in [3.8, 4) is 5.69 Å². The van der Waals surface area contributed by atoms with Gasteiger partial charge >= 0.3 is 5.97 Å². The quantitative estimate of drug-likeness (QED) is 0.778. The molecule has 0 unspecified atom stereocenters. The number of fused-ring (bicyclic) bond motifs is 3. The second-order valence-corrected chi connectivity index (χ2v) is 6.06. The first-order chi connectivity index (χ1) is 9.61. The van der Waals surface area contributed by atoms with E-state index >= 15 is 0 Å². The molecule has 0 N–H and O–H groups in total. The molecule has 0 bridgehead atoms. The van der Waals surface area contributed by atoms with Gasteiger partial charge in [-0.15, -0.1) is 11.8 Å². The number of thioether (sulfide) groups is 1. The first kappa shape index (κ1) is 13.6. The SMILES string of the molecule is CCOC(=O)c1cc(C)n2c1CSc1ccc(Cl)cc1-2. The summed E-state index contributed by atoms with van der Waals surface area (Å²) in [6.45, 7) is 4.20. The van der Waals surface area contributed by atoms with Gasteiger partial charge in [-0.1, -0.05) is 11.6 Å². The Hall–Kier alpha value is -1.39. The predicted octanol–water partition coefficient (Wildman–Crippen LogP) is 4.22. The fourth-order valence-electron chi connectivity index (χ4n) is 2.49. The molecule has 2 heterocycles. The molecule has 104 valence electrons. The summed E-state index contributed by atoms with van der Waals surface area (Å²) in [5.41, 5.74) is 3.70. The number of aryl methyl sites for hydroxylation is 1. The Labute approximate surface area is 126 Å². The summed E-state index contributed by atoms with van der Waals surface area (Å²) >= 11 is 7.82. The Balaban J connectivity index is 2.16. The van der Waals surface area contributed by atoms with Crippen LogP contribution in [0.15, 0.2) is 29.2 Å². The van der Waals surface area contributed by atoms with E-state index in [1.54, 1.807) is 11.8 Å². The number of halogens is 1. The van der Waals surface area contributed by atoms with Crippen LogP contribution in [0.25, 0.3) is 5.69 Å². The highest BCUT2D eigenvalue weighted by atomic mass is 35.5. The van der Waals surface area contributed by atoms with E-state index in [2.05, 4.69) is 4.57 Å². The van der Waals surface area contributed by atoms with E-state index in [0.29, 0.717) is 17.2 Å². The first-order valence-electron chi connectivity index (χ1n) is 6.43. The minimum absolute atomic E-state index is 0.254. The average Bonchev–Trinajstić information content (AvgIpc) is 2.77. The van der Waals surface area contributed by atoms with Crippen LogP contribution in [0.1, 0.15) is 28.7 Å². The number of hydrogen-bond donors (Lipinski definition) is 0. The van der Waals surface area contributed by atoms with E-state index in [-0.39, 0.29) is 5.97 Å². The van der Waals surface area contributed by atoms with Crippen LogP contribution in [0.4, 0.5) is 0 Å². The normalized spacial score (nSPS) is 12.8. The van der Waals surface area contributed by atoms with Crippen molar-refractivity contribution in [1.29, 1.82) is 0 Å². The molecule has 0 saturated heterocycles. The number of carbonyl (C=O) groups excluding carboxylic acids is 1. The first-order valence-corrected chi connectivity index (χ1v) is 7.79. The van der Waals surface area contributed by atoms with Crippen LogP contribution < -0.4 is 0 Å². The topological polar surface area (TPSA) is 31.2 Å². The van der Waals surface area contributed by atoms with E-state index in [9.17, 15) is 4.79 Å².